The number of aliphatic hydroxyl groups is 2. The Kier molecular flexibility index (Phi) is 9.79. The normalized spacial score (nSPS) is 33.0. The minimum atomic E-state index is -1.17. The molecule has 5 nitrogen and oxygen atoms in total. The van der Waals surface area contributed by atoms with Crippen LogP contribution >= 0.6 is 0 Å². The van der Waals surface area contributed by atoms with Crippen molar-refractivity contribution >= 4 is 11.8 Å². The van der Waals surface area contributed by atoms with E-state index in [1.165, 1.54) is 12.0 Å². The van der Waals surface area contributed by atoms with Gasteiger partial charge in [-0.15, -0.1) is 0 Å². The van der Waals surface area contributed by atoms with Crippen LogP contribution in [-0.4, -0.2) is 40.8 Å². The molecular weight excluding hydrogens is 452 g/mol. The predicted octanol–water partition coefficient (Wildman–Crippen LogP) is 6.09. The van der Waals surface area contributed by atoms with Gasteiger partial charge in [0.15, 0.2) is 5.78 Å². The molecule has 0 spiro atoms. The molecule has 3 saturated carbocycles. The van der Waals surface area contributed by atoms with Gasteiger partial charge in [0.25, 0.3) is 0 Å². The van der Waals surface area contributed by atoms with Crippen molar-refractivity contribution in [1.82, 2.24) is 0 Å². The standard InChI is InChI=1S/C31H48O5/c1-6-7-17-36-29(35)30(3,4)28(34)15-10-21(2)26-13-14-27-23(9-8-16-31(26,27)5)12-11-22-18-24(32)20-25(33)19-22/h10-12,15,21,24-27,32-33H,6-9,13-14,16-20H2,1-5H3/t21-,24-,25-,26-,27+,31-/m1/s1. The molecule has 0 aromatic rings. The highest BCUT2D eigenvalue weighted by atomic mass is 16.5. The van der Waals surface area contributed by atoms with Gasteiger partial charge >= 0.3 is 5.97 Å². The summed E-state index contributed by atoms with van der Waals surface area (Å²) in [4.78, 5) is 25.4. The van der Waals surface area contributed by atoms with Crippen LogP contribution in [0.25, 0.3) is 0 Å². The molecule has 0 radical (unpaired) electrons. The lowest BCUT2D eigenvalue weighted by molar-refractivity contribution is -0.157. The summed E-state index contributed by atoms with van der Waals surface area (Å²) in [6.07, 6.45) is 16.5. The molecule has 0 aliphatic heterocycles. The van der Waals surface area contributed by atoms with Crippen molar-refractivity contribution in [2.75, 3.05) is 6.61 Å². The second-order valence-corrected chi connectivity index (χ2v) is 12.3. The van der Waals surface area contributed by atoms with Crippen LogP contribution in [0.1, 0.15) is 98.8 Å². The number of carbonyl (C=O) groups is 2. The highest BCUT2D eigenvalue weighted by molar-refractivity contribution is 6.08. The molecule has 0 amide bonds. The SMILES string of the molecule is CCCCOC(=O)C(C)(C)C(=O)C=C[C@@H](C)[C@H]1CC[C@H]2C(=CC=C3C[C@@H](O)C[C@H](O)C3)CCC[C@]12C. The molecule has 0 saturated heterocycles. The summed E-state index contributed by atoms with van der Waals surface area (Å²) in [6, 6.07) is 0. The van der Waals surface area contributed by atoms with Crippen molar-refractivity contribution < 1.29 is 24.5 Å². The lowest BCUT2D eigenvalue weighted by atomic mass is 9.61. The number of ether oxygens (including phenoxy) is 1. The number of carbonyl (C=O) groups excluding carboxylic acids is 2. The van der Waals surface area contributed by atoms with E-state index in [4.69, 9.17) is 4.74 Å². The molecule has 6 atom stereocenters. The molecule has 3 aliphatic rings. The Morgan fingerprint density at radius 3 is 2.53 bits per heavy atom. The Labute approximate surface area is 218 Å². The first-order valence-electron chi connectivity index (χ1n) is 14.1. The summed E-state index contributed by atoms with van der Waals surface area (Å²) in [5, 5.41) is 20.0. The lowest BCUT2D eigenvalue weighted by Gasteiger charge is -2.44. The second kappa shape index (κ2) is 12.2. The average molecular weight is 501 g/mol. The van der Waals surface area contributed by atoms with Gasteiger partial charge in [0, 0.05) is 0 Å². The van der Waals surface area contributed by atoms with Gasteiger partial charge in [-0.05, 0) is 101 Å². The van der Waals surface area contributed by atoms with E-state index in [9.17, 15) is 19.8 Å². The van der Waals surface area contributed by atoms with Gasteiger partial charge in [-0.3, -0.25) is 9.59 Å². The molecule has 0 aromatic heterocycles. The summed E-state index contributed by atoms with van der Waals surface area (Å²) < 4.78 is 5.32. The molecule has 3 aliphatic carbocycles. The van der Waals surface area contributed by atoms with Crippen LogP contribution in [0.4, 0.5) is 0 Å². The van der Waals surface area contributed by atoms with Gasteiger partial charge in [-0.2, -0.15) is 0 Å². The van der Waals surface area contributed by atoms with Gasteiger partial charge in [0.2, 0.25) is 0 Å². The smallest absolute Gasteiger partial charge is 0.319 e. The predicted molar refractivity (Wildman–Crippen MR) is 143 cm³/mol. The van der Waals surface area contributed by atoms with E-state index in [1.807, 2.05) is 13.0 Å². The van der Waals surface area contributed by atoms with Crippen LogP contribution < -0.4 is 0 Å². The van der Waals surface area contributed by atoms with Crippen LogP contribution in [-0.2, 0) is 14.3 Å². The number of esters is 1. The van der Waals surface area contributed by atoms with Crippen molar-refractivity contribution in [2.45, 2.75) is 111 Å². The molecular formula is C31H48O5. The number of aliphatic hydroxyl groups excluding tert-OH is 2. The summed E-state index contributed by atoms with van der Waals surface area (Å²) in [7, 11) is 0. The Morgan fingerprint density at radius 1 is 1.17 bits per heavy atom. The second-order valence-electron chi connectivity index (χ2n) is 12.3. The van der Waals surface area contributed by atoms with Crippen LogP contribution in [0.5, 0.6) is 0 Å². The topological polar surface area (TPSA) is 83.8 Å². The average Bonchev–Trinajstić information content (AvgIpc) is 3.18. The molecule has 3 rings (SSSR count). The summed E-state index contributed by atoms with van der Waals surface area (Å²) in [5.74, 6) is 0.629. The molecule has 0 bridgehead atoms. The molecule has 3 fully saturated rings. The van der Waals surface area contributed by atoms with E-state index in [1.54, 1.807) is 19.9 Å². The maximum absolute atomic E-state index is 12.9. The number of hydrogen-bond donors (Lipinski definition) is 2. The monoisotopic (exact) mass is 500 g/mol. The van der Waals surface area contributed by atoms with Crippen LogP contribution in [0.2, 0.25) is 0 Å². The van der Waals surface area contributed by atoms with E-state index in [2.05, 4.69) is 26.0 Å². The minimum absolute atomic E-state index is 0.190. The van der Waals surface area contributed by atoms with Crippen molar-refractivity contribution in [2.24, 2.45) is 28.6 Å². The Bertz CT molecular complexity index is 869. The Morgan fingerprint density at radius 2 is 1.86 bits per heavy atom. The zero-order chi connectivity index (χ0) is 26.5. The third-order valence-corrected chi connectivity index (χ3v) is 9.15. The third kappa shape index (κ3) is 6.58. The number of ketones is 1. The fourth-order valence-corrected chi connectivity index (χ4v) is 6.85. The van der Waals surface area contributed by atoms with Gasteiger partial charge in [-0.25, -0.2) is 0 Å². The highest BCUT2D eigenvalue weighted by Gasteiger charge is 2.50. The maximum atomic E-state index is 12.9. The fraction of sp³-hybridized carbons (Fsp3) is 0.742. The third-order valence-electron chi connectivity index (χ3n) is 9.15. The molecule has 5 heteroatoms. The van der Waals surface area contributed by atoms with Gasteiger partial charge < -0.3 is 14.9 Å². The molecule has 36 heavy (non-hydrogen) atoms. The first kappa shape index (κ1) is 28.8. The van der Waals surface area contributed by atoms with E-state index < -0.39 is 23.6 Å². The zero-order valence-corrected chi connectivity index (χ0v) is 23.1. The van der Waals surface area contributed by atoms with Crippen LogP contribution in [0, 0.1) is 28.6 Å². The van der Waals surface area contributed by atoms with Gasteiger partial charge in [-0.1, -0.05) is 56.6 Å². The number of allylic oxidation sites excluding steroid dienone is 5. The van der Waals surface area contributed by atoms with Crippen molar-refractivity contribution in [1.29, 1.82) is 0 Å². The van der Waals surface area contributed by atoms with Crippen molar-refractivity contribution in [3.05, 3.63) is 35.5 Å². The van der Waals surface area contributed by atoms with Crippen molar-refractivity contribution in [3.8, 4) is 0 Å². The Balaban J connectivity index is 1.67. The summed E-state index contributed by atoms with van der Waals surface area (Å²) >= 11 is 0. The highest BCUT2D eigenvalue weighted by Crippen LogP contribution is 2.59. The van der Waals surface area contributed by atoms with E-state index in [0.29, 0.717) is 37.7 Å². The fourth-order valence-electron chi connectivity index (χ4n) is 6.85. The summed E-state index contributed by atoms with van der Waals surface area (Å²) in [6.45, 7) is 10.3. The van der Waals surface area contributed by atoms with E-state index in [-0.39, 0.29) is 17.1 Å². The molecule has 0 aromatic carbocycles. The van der Waals surface area contributed by atoms with Crippen LogP contribution in [0.3, 0.4) is 0 Å². The van der Waals surface area contributed by atoms with Gasteiger partial charge in [0.05, 0.1) is 18.8 Å². The quantitative estimate of drug-likeness (QED) is 0.173. The molecule has 202 valence electrons. The van der Waals surface area contributed by atoms with E-state index in [0.717, 1.165) is 44.1 Å². The number of hydrogen-bond acceptors (Lipinski definition) is 5. The first-order chi connectivity index (χ1) is 17.0. The molecule has 0 unspecified atom stereocenters. The van der Waals surface area contributed by atoms with Gasteiger partial charge in [0.1, 0.15) is 5.41 Å². The maximum Gasteiger partial charge on any atom is 0.319 e. The zero-order valence-electron chi connectivity index (χ0n) is 23.1. The minimum Gasteiger partial charge on any atom is -0.465 e. The largest absolute Gasteiger partial charge is 0.465 e. The number of rotatable bonds is 9. The number of unbranched alkanes of at least 4 members (excludes halogenated alkanes) is 1. The van der Waals surface area contributed by atoms with Crippen LogP contribution in [0.15, 0.2) is 35.5 Å². The number of fused-ring (bicyclic) bond motifs is 1. The molecule has 0 heterocycles. The first-order valence-corrected chi connectivity index (χ1v) is 14.1. The summed E-state index contributed by atoms with van der Waals surface area (Å²) in [5.41, 5.74) is 1.66. The van der Waals surface area contributed by atoms with Crippen molar-refractivity contribution in [3.63, 3.8) is 0 Å². The van der Waals surface area contributed by atoms with E-state index >= 15 is 0 Å². The lowest BCUT2D eigenvalue weighted by Crippen LogP contribution is -2.36. The Hall–Kier alpha value is -1.72. The molecule has 2 N–H and O–H groups in total.